The van der Waals surface area contributed by atoms with Gasteiger partial charge in [0.25, 0.3) is 10.0 Å². The first-order chi connectivity index (χ1) is 7.11. The van der Waals surface area contributed by atoms with Gasteiger partial charge in [-0.1, -0.05) is 0 Å². The van der Waals surface area contributed by atoms with Crippen LogP contribution in [0.25, 0.3) is 0 Å². The van der Waals surface area contributed by atoms with Crippen LogP contribution in [0.15, 0.2) is 15.7 Å². The van der Waals surface area contributed by atoms with E-state index in [9.17, 15) is 13.2 Å². The minimum absolute atomic E-state index is 0.0496. The summed E-state index contributed by atoms with van der Waals surface area (Å²) in [5.74, 6) is 0. The van der Waals surface area contributed by atoms with Gasteiger partial charge in [0.2, 0.25) is 0 Å². The third-order valence-electron chi connectivity index (χ3n) is 1.63. The van der Waals surface area contributed by atoms with E-state index in [1.807, 2.05) is 0 Å². The van der Waals surface area contributed by atoms with E-state index in [1.54, 1.807) is 5.38 Å². The van der Waals surface area contributed by atoms with Crippen LogP contribution in [-0.2, 0) is 14.8 Å². The lowest BCUT2D eigenvalue weighted by atomic mass is 10.4. The monoisotopic (exact) mass is 249 g/mol. The van der Waals surface area contributed by atoms with Crippen LogP contribution in [0.4, 0.5) is 0 Å². The molecular formula is C8H11NO4S2. The highest BCUT2D eigenvalue weighted by Crippen LogP contribution is 2.20. The van der Waals surface area contributed by atoms with E-state index in [-0.39, 0.29) is 16.3 Å². The molecule has 0 aromatic carbocycles. The molecule has 1 aromatic rings. The lowest BCUT2D eigenvalue weighted by molar-refractivity contribution is 0.112. The maximum Gasteiger partial charge on any atom is 0.250 e. The average Bonchev–Trinajstić information content (AvgIpc) is 2.66. The molecule has 0 unspecified atom stereocenters. The standard InChI is InChI=1S/C8H11NO4S2/c1-13-4-3-9-15(11,12)8-7(6-10)2-5-14-8/h2,5-6,9H,3-4H2,1H3. The van der Waals surface area contributed by atoms with Gasteiger partial charge in [-0.05, 0) is 11.4 Å². The molecule has 0 aliphatic heterocycles. The summed E-state index contributed by atoms with van der Waals surface area (Å²) in [6.45, 7) is 0.482. The SMILES string of the molecule is COCCNS(=O)(=O)c1sccc1C=O. The smallest absolute Gasteiger partial charge is 0.250 e. The van der Waals surface area contributed by atoms with E-state index in [1.165, 1.54) is 13.2 Å². The summed E-state index contributed by atoms with van der Waals surface area (Å²) in [4.78, 5) is 10.6. The van der Waals surface area contributed by atoms with Crippen molar-refractivity contribution < 1.29 is 17.9 Å². The molecule has 0 aliphatic carbocycles. The highest BCUT2D eigenvalue weighted by atomic mass is 32.2. The van der Waals surface area contributed by atoms with E-state index >= 15 is 0 Å². The van der Waals surface area contributed by atoms with Gasteiger partial charge in [-0.3, -0.25) is 4.79 Å². The third kappa shape index (κ3) is 3.10. The van der Waals surface area contributed by atoms with Gasteiger partial charge < -0.3 is 4.74 Å². The predicted molar refractivity (Wildman–Crippen MR) is 56.8 cm³/mol. The maximum atomic E-state index is 11.6. The Hall–Kier alpha value is -0.760. The van der Waals surface area contributed by atoms with Gasteiger partial charge in [0.1, 0.15) is 4.21 Å². The van der Waals surface area contributed by atoms with Crippen molar-refractivity contribution in [1.82, 2.24) is 4.72 Å². The zero-order chi connectivity index (χ0) is 11.3. The Bertz CT molecular complexity index is 424. The second kappa shape index (κ2) is 5.36. The van der Waals surface area contributed by atoms with E-state index < -0.39 is 10.0 Å². The predicted octanol–water partition coefficient (Wildman–Crippen LogP) is 0.485. The minimum atomic E-state index is -3.57. The molecule has 1 aromatic heterocycles. The Morgan fingerprint density at radius 3 is 2.93 bits per heavy atom. The van der Waals surface area contributed by atoms with Crippen molar-refractivity contribution in [3.63, 3.8) is 0 Å². The first-order valence-corrected chi connectivity index (χ1v) is 6.49. The molecule has 0 saturated heterocycles. The van der Waals surface area contributed by atoms with E-state index in [0.29, 0.717) is 12.9 Å². The molecular weight excluding hydrogens is 238 g/mol. The zero-order valence-corrected chi connectivity index (χ0v) is 9.73. The molecule has 5 nitrogen and oxygen atoms in total. The number of carbonyl (C=O) groups is 1. The summed E-state index contributed by atoms with van der Waals surface area (Å²) in [5, 5.41) is 1.56. The van der Waals surface area contributed by atoms with Crippen molar-refractivity contribution in [2.24, 2.45) is 0 Å². The van der Waals surface area contributed by atoms with E-state index in [0.717, 1.165) is 11.3 Å². The number of nitrogens with one attached hydrogen (secondary N) is 1. The van der Waals surface area contributed by atoms with Gasteiger partial charge in [-0.25, -0.2) is 13.1 Å². The molecule has 7 heteroatoms. The molecule has 0 aliphatic rings. The highest BCUT2D eigenvalue weighted by Gasteiger charge is 2.18. The van der Waals surface area contributed by atoms with Crippen LogP contribution in [0.3, 0.4) is 0 Å². The molecule has 0 bridgehead atoms. The third-order valence-corrected chi connectivity index (χ3v) is 4.60. The first-order valence-electron chi connectivity index (χ1n) is 4.13. The van der Waals surface area contributed by atoms with Crippen molar-refractivity contribution in [3.05, 3.63) is 17.0 Å². The Labute approximate surface area is 92.1 Å². The Morgan fingerprint density at radius 2 is 2.33 bits per heavy atom. The number of methoxy groups -OCH3 is 1. The quantitative estimate of drug-likeness (QED) is 0.588. The van der Waals surface area contributed by atoms with E-state index in [4.69, 9.17) is 4.74 Å². The van der Waals surface area contributed by atoms with Gasteiger partial charge >= 0.3 is 0 Å². The minimum Gasteiger partial charge on any atom is -0.383 e. The van der Waals surface area contributed by atoms with Gasteiger partial charge in [0.05, 0.1) is 6.61 Å². The van der Waals surface area contributed by atoms with Gasteiger partial charge in [0, 0.05) is 19.2 Å². The van der Waals surface area contributed by atoms with Crippen molar-refractivity contribution in [3.8, 4) is 0 Å². The van der Waals surface area contributed by atoms with Crippen molar-refractivity contribution in [2.75, 3.05) is 20.3 Å². The van der Waals surface area contributed by atoms with Crippen molar-refractivity contribution >= 4 is 27.6 Å². The Kier molecular flexibility index (Phi) is 4.40. The number of sulfonamides is 1. The summed E-state index contributed by atoms with van der Waals surface area (Å²) >= 11 is 1.02. The molecule has 0 saturated carbocycles. The zero-order valence-electron chi connectivity index (χ0n) is 8.10. The summed E-state index contributed by atoms with van der Waals surface area (Å²) in [6, 6.07) is 1.47. The second-order valence-corrected chi connectivity index (χ2v) is 5.55. The highest BCUT2D eigenvalue weighted by molar-refractivity contribution is 7.91. The average molecular weight is 249 g/mol. The van der Waals surface area contributed by atoms with Gasteiger partial charge in [-0.2, -0.15) is 0 Å². The molecule has 1 rings (SSSR count). The normalized spacial score (nSPS) is 11.5. The fourth-order valence-corrected chi connectivity index (χ4v) is 3.30. The van der Waals surface area contributed by atoms with E-state index in [2.05, 4.69) is 4.72 Å². The van der Waals surface area contributed by atoms with Crippen LogP contribution in [0.1, 0.15) is 10.4 Å². The lowest BCUT2D eigenvalue weighted by Gasteiger charge is -2.04. The Morgan fingerprint density at radius 1 is 1.60 bits per heavy atom. The molecule has 0 atom stereocenters. The second-order valence-electron chi connectivity index (χ2n) is 2.67. The van der Waals surface area contributed by atoms with Crippen LogP contribution >= 0.6 is 11.3 Å². The van der Waals surface area contributed by atoms with Gasteiger partial charge in [-0.15, -0.1) is 11.3 Å². The summed E-state index contributed by atoms with van der Waals surface area (Å²) < 4.78 is 30.4. The molecule has 0 fully saturated rings. The largest absolute Gasteiger partial charge is 0.383 e. The topological polar surface area (TPSA) is 72.5 Å². The summed E-state index contributed by atoms with van der Waals surface area (Å²) in [7, 11) is -2.09. The molecule has 0 radical (unpaired) electrons. The van der Waals surface area contributed by atoms with Crippen LogP contribution < -0.4 is 4.72 Å². The number of carbonyl (C=O) groups excluding carboxylic acids is 1. The lowest BCUT2D eigenvalue weighted by Crippen LogP contribution is -2.27. The van der Waals surface area contributed by atoms with Gasteiger partial charge in [0.15, 0.2) is 6.29 Å². The molecule has 84 valence electrons. The number of aldehydes is 1. The Balaban J connectivity index is 2.82. The molecule has 1 N–H and O–H groups in total. The molecule has 1 heterocycles. The fraction of sp³-hybridized carbons (Fsp3) is 0.375. The number of rotatable bonds is 6. The molecule has 15 heavy (non-hydrogen) atoms. The van der Waals surface area contributed by atoms with Crippen LogP contribution in [0, 0.1) is 0 Å². The van der Waals surface area contributed by atoms with Crippen LogP contribution in [-0.4, -0.2) is 35.0 Å². The summed E-state index contributed by atoms with van der Waals surface area (Å²) in [5.41, 5.74) is 0.185. The van der Waals surface area contributed by atoms with Crippen molar-refractivity contribution in [2.45, 2.75) is 4.21 Å². The number of ether oxygens (including phenoxy) is 1. The van der Waals surface area contributed by atoms with Crippen molar-refractivity contribution in [1.29, 1.82) is 0 Å². The molecule has 0 amide bonds. The fourth-order valence-electron chi connectivity index (χ4n) is 0.955. The summed E-state index contributed by atoms with van der Waals surface area (Å²) in [6.07, 6.45) is 0.529. The van der Waals surface area contributed by atoms with Crippen LogP contribution in [0.2, 0.25) is 0 Å². The number of thiophene rings is 1. The first kappa shape index (κ1) is 12.3. The molecule has 0 spiro atoms. The maximum absolute atomic E-state index is 11.6. The number of hydrogen-bond donors (Lipinski definition) is 1. The number of hydrogen-bond acceptors (Lipinski definition) is 5. The van der Waals surface area contributed by atoms with Crippen LogP contribution in [0.5, 0.6) is 0 Å².